The van der Waals surface area contributed by atoms with Crippen LogP contribution in [0.25, 0.3) is 21.9 Å². The van der Waals surface area contributed by atoms with Gasteiger partial charge in [-0.2, -0.15) is 0 Å². The maximum atomic E-state index is 6.04. The normalized spacial score (nSPS) is 15.6. The number of pyridine rings is 1. The predicted octanol–water partition coefficient (Wildman–Crippen LogP) is 4.14. The van der Waals surface area contributed by atoms with Gasteiger partial charge in [0.2, 0.25) is 0 Å². The van der Waals surface area contributed by atoms with Crippen molar-refractivity contribution in [2.45, 2.75) is 25.4 Å². The van der Waals surface area contributed by atoms with Gasteiger partial charge >= 0.3 is 0 Å². The van der Waals surface area contributed by atoms with E-state index in [1.807, 2.05) is 48.8 Å². The fourth-order valence-electron chi connectivity index (χ4n) is 4.08. The summed E-state index contributed by atoms with van der Waals surface area (Å²) in [6.45, 7) is 2.04. The fourth-order valence-corrected chi connectivity index (χ4v) is 4.08. The minimum Gasteiger partial charge on any atom is -0.398 e. The highest BCUT2D eigenvalue weighted by atomic mass is 16.5. The average molecular weight is 385 g/mol. The van der Waals surface area contributed by atoms with E-state index < -0.39 is 0 Å². The van der Waals surface area contributed by atoms with E-state index in [1.54, 1.807) is 0 Å². The number of aliphatic imine (C=N–C) groups is 1. The number of hydrogen-bond donors (Lipinski definition) is 1. The molecule has 0 aliphatic carbocycles. The SMILES string of the molecule is Nc1ccccc1C=NCc1nc2cnc3ccccc3c2n1C1CCOCC1. The Labute approximate surface area is 169 Å². The number of hydrogen-bond acceptors (Lipinski definition) is 5. The van der Waals surface area contributed by atoms with Crippen molar-refractivity contribution in [2.75, 3.05) is 18.9 Å². The zero-order valence-electron chi connectivity index (χ0n) is 16.2. The molecule has 1 saturated heterocycles. The highest BCUT2D eigenvalue weighted by Crippen LogP contribution is 2.32. The molecule has 29 heavy (non-hydrogen) atoms. The third kappa shape index (κ3) is 3.36. The molecule has 1 aliphatic rings. The Morgan fingerprint density at radius 3 is 2.72 bits per heavy atom. The number of anilines is 1. The Morgan fingerprint density at radius 2 is 1.86 bits per heavy atom. The summed E-state index contributed by atoms with van der Waals surface area (Å²) in [5.41, 5.74) is 10.7. The van der Waals surface area contributed by atoms with E-state index >= 15 is 0 Å². The molecule has 0 spiro atoms. The molecule has 0 radical (unpaired) electrons. The third-order valence-electron chi connectivity index (χ3n) is 5.51. The summed E-state index contributed by atoms with van der Waals surface area (Å²) in [5, 5.41) is 1.13. The quantitative estimate of drug-likeness (QED) is 0.423. The zero-order valence-corrected chi connectivity index (χ0v) is 16.2. The third-order valence-corrected chi connectivity index (χ3v) is 5.51. The number of nitrogens with zero attached hydrogens (tertiary/aromatic N) is 4. The van der Waals surface area contributed by atoms with E-state index in [4.69, 9.17) is 15.5 Å². The zero-order chi connectivity index (χ0) is 19.6. The lowest BCUT2D eigenvalue weighted by Crippen LogP contribution is -2.21. The van der Waals surface area contributed by atoms with Crippen LogP contribution < -0.4 is 5.73 Å². The van der Waals surface area contributed by atoms with Gasteiger partial charge in [-0.15, -0.1) is 0 Å². The number of para-hydroxylation sites is 2. The second-order valence-electron chi connectivity index (χ2n) is 7.35. The van der Waals surface area contributed by atoms with E-state index in [9.17, 15) is 0 Å². The van der Waals surface area contributed by atoms with Crippen LogP contribution in [0.3, 0.4) is 0 Å². The van der Waals surface area contributed by atoms with Crippen molar-refractivity contribution in [1.82, 2.24) is 14.5 Å². The molecule has 0 unspecified atom stereocenters. The average Bonchev–Trinajstić information content (AvgIpc) is 3.14. The Bertz CT molecular complexity index is 1190. The number of fused-ring (bicyclic) bond motifs is 3. The van der Waals surface area contributed by atoms with E-state index in [-0.39, 0.29) is 0 Å². The first-order valence-electron chi connectivity index (χ1n) is 9.98. The van der Waals surface area contributed by atoms with Gasteiger partial charge in [0.05, 0.1) is 23.8 Å². The summed E-state index contributed by atoms with van der Waals surface area (Å²) < 4.78 is 7.97. The van der Waals surface area contributed by atoms with Crippen LogP contribution in [0.4, 0.5) is 5.69 Å². The van der Waals surface area contributed by atoms with Crippen molar-refractivity contribution >= 4 is 33.8 Å². The van der Waals surface area contributed by atoms with Crippen LogP contribution in [-0.4, -0.2) is 34.0 Å². The first kappa shape index (κ1) is 17.8. The molecule has 1 aliphatic heterocycles. The summed E-state index contributed by atoms with van der Waals surface area (Å²) in [6, 6.07) is 16.3. The molecule has 6 heteroatoms. The van der Waals surface area contributed by atoms with E-state index in [2.05, 4.69) is 26.7 Å². The minimum absolute atomic E-state index is 0.353. The number of benzene rings is 2. The van der Waals surface area contributed by atoms with Gasteiger partial charge in [-0.25, -0.2) is 4.98 Å². The van der Waals surface area contributed by atoms with Gasteiger partial charge in [-0.1, -0.05) is 36.4 Å². The standard InChI is InChI=1S/C23H23N5O/c24-19-7-3-1-5-16(19)13-25-15-22-27-21-14-26-20-8-4-2-6-18(20)23(21)28(22)17-9-11-29-12-10-17/h1-8,13-14,17H,9-12,15,24H2. The smallest absolute Gasteiger partial charge is 0.131 e. The van der Waals surface area contributed by atoms with Gasteiger partial charge in [-0.3, -0.25) is 9.98 Å². The Kier molecular flexibility index (Phi) is 4.69. The van der Waals surface area contributed by atoms with E-state index in [0.29, 0.717) is 12.6 Å². The minimum atomic E-state index is 0.353. The van der Waals surface area contributed by atoms with Gasteiger partial charge < -0.3 is 15.0 Å². The van der Waals surface area contributed by atoms with Crippen LogP contribution in [0.5, 0.6) is 0 Å². The number of ether oxygens (including phenoxy) is 1. The lowest BCUT2D eigenvalue weighted by Gasteiger charge is -2.26. The van der Waals surface area contributed by atoms with Crippen molar-refractivity contribution < 1.29 is 4.74 Å². The molecule has 6 nitrogen and oxygen atoms in total. The van der Waals surface area contributed by atoms with E-state index in [1.165, 1.54) is 0 Å². The van der Waals surface area contributed by atoms with Gasteiger partial charge in [-0.05, 0) is 25.0 Å². The predicted molar refractivity (Wildman–Crippen MR) is 116 cm³/mol. The first-order valence-corrected chi connectivity index (χ1v) is 9.98. The molecule has 1 fully saturated rings. The van der Waals surface area contributed by atoms with Crippen LogP contribution in [-0.2, 0) is 11.3 Å². The molecule has 4 aromatic rings. The molecule has 0 bridgehead atoms. The summed E-state index contributed by atoms with van der Waals surface area (Å²) >= 11 is 0. The molecule has 2 N–H and O–H groups in total. The molecule has 0 atom stereocenters. The topological polar surface area (TPSA) is 78.3 Å². The highest BCUT2D eigenvalue weighted by molar-refractivity contribution is 6.02. The number of imidazole rings is 1. The summed E-state index contributed by atoms with van der Waals surface area (Å²) in [4.78, 5) is 14.2. The summed E-state index contributed by atoms with van der Waals surface area (Å²) in [6.07, 6.45) is 5.66. The van der Waals surface area contributed by atoms with Crippen molar-refractivity contribution in [3.63, 3.8) is 0 Å². The van der Waals surface area contributed by atoms with Gasteiger partial charge in [0.1, 0.15) is 11.3 Å². The summed E-state index contributed by atoms with van der Waals surface area (Å²) in [5.74, 6) is 0.954. The Balaban J connectivity index is 1.60. The second kappa shape index (κ2) is 7.64. The Hall–Kier alpha value is -3.25. The van der Waals surface area contributed by atoms with Gasteiger partial charge in [0.15, 0.2) is 0 Å². The molecular weight excluding hydrogens is 362 g/mol. The van der Waals surface area contributed by atoms with Crippen molar-refractivity contribution in [3.05, 3.63) is 66.1 Å². The van der Waals surface area contributed by atoms with Crippen LogP contribution >= 0.6 is 0 Å². The number of rotatable bonds is 4. The molecule has 0 amide bonds. The van der Waals surface area contributed by atoms with Crippen LogP contribution in [0.2, 0.25) is 0 Å². The molecule has 0 saturated carbocycles. The highest BCUT2D eigenvalue weighted by Gasteiger charge is 2.23. The Morgan fingerprint density at radius 1 is 1.07 bits per heavy atom. The number of nitrogens with two attached hydrogens (primary N) is 1. The van der Waals surface area contributed by atoms with Crippen molar-refractivity contribution in [1.29, 1.82) is 0 Å². The van der Waals surface area contributed by atoms with Crippen molar-refractivity contribution in [3.8, 4) is 0 Å². The summed E-state index contributed by atoms with van der Waals surface area (Å²) in [7, 11) is 0. The van der Waals surface area contributed by atoms with Crippen LogP contribution in [0.1, 0.15) is 30.3 Å². The molecule has 5 rings (SSSR count). The van der Waals surface area contributed by atoms with Crippen LogP contribution in [0, 0.1) is 0 Å². The fraction of sp³-hybridized carbons (Fsp3) is 0.261. The number of nitrogen functional groups attached to an aromatic ring is 1. The molecule has 3 heterocycles. The molecule has 146 valence electrons. The molecule has 2 aromatic heterocycles. The van der Waals surface area contributed by atoms with Gasteiger partial charge in [0, 0.05) is 42.1 Å². The maximum absolute atomic E-state index is 6.04. The monoisotopic (exact) mass is 385 g/mol. The lowest BCUT2D eigenvalue weighted by atomic mass is 10.1. The largest absolute Gasteiger partial charge is 0.398 e. The molecule has 2 aromatic carbocycles. The second-order valence-corrected chi connectivity index (χ2v) is 7.35. The first-order chi connectivity index (χ1) is 14.3. The van der Waals surface area contributed by atoms with Gasteiger partial charge in [0.25, 0.3) is 0 Å². The maximum Gasteiger partial charge on any atom is 0.131 e. The molecular formula is C23H23N5O. The number of aromatic nitrogens is 3. The van der Waals surface area contributed by atoms with E-state index in [0.717, 1.165) is 65.1 Å². The van der Waals surface area contributed by atoms with Crippen LogP contribution in [0.15, 0.2) is 59.7 Å². The van der Waals surface area contributed by atoms with Crippen molar-refractivity contribution in [2.24, 2.45) is 4.99 Å². The lowest BCUT2D eigenvalue weighted by molar-refractivity contribution is 0.0699.